The summed E-state index contributed by atoms with van der Waals surface area (Å²) < 4.78 is 44.4. The second-order valence-corrected chi connectivity index (χ2v) is 3.96. The third-order valence-electron chi connectivity index (χ3n) is 2.03. The van der Waals surface area contributed by atoms with Crippen molar-refractivity contribution >= 4 is 21.7 Å². The smallest absolute Gasteiger partial charge is 0.234 e. The quantitative estimate of drug-likeness (QED) is 0.792. The van der Waals surface area contributed by atoms with Crippen LogP contribution in [-0.4, -0.2) is 5.78 Å². The van der Waals surface area contributed by atoms with Gasteiger partial charge in [-0.05, 0) is 28.1 Å². The average molecular weight is 305 g/mol. The van der Waals surface area contributed by atoms with Crippen LogP contribution in [0.2, 0.25) is 0 Å². The lowest BCUT2D eigenvalue weighted by Gasteiger charge is -2.02. The number of hydrogen-bond donors (Lipinski definition) is 0. The van der Waals surface area contributed by atoms with Crippen LogP contribution in [0.3, 0.4) is 0 Å². The van der Waals surface area contributed by atoms with Crippen LogP contribution >= 0.6 is 15.9 Å². The first kappa shape index (κ1) is 11.9. The van der Waals surface area contributed by atoms with E-state index in [1.807, 2.05) is 0 Å². The summed E-state index contributed by atoms with van der Waals surface area (Å²) in [5.41, 5.74) is -0.840. The van der Waals surface area contributed by atoms with Crippen molar-refractivity contribution in [3.05, 3.63) is 57.7 Å². The Morgan fingerprint density at radius 2 is 1.71 bits per heavy atom. The minimum absolute atomic E-state index is 0.235. The molecule has 2 nitrogen and oxygen atoms in total. The summed E-state index contributed by atoms with van der Waals surface area (Å²) in [7, 11) is 0. The van der Waals surface area contributed by atoms with Gasteiger partial charge in [0.1, 0.15) is 17.5 Å². The van der Waals surface area contributed by atoms with Gasteiger partial charge in [-0.1, -0.05) is 0 Å². The topological polar surface area (TPSA) is 30.2 Å². The predicted molar refractivity (Wildman–Crippen MR) is 56.2 cm³/mol. The summed E-state index contributed by atoms with van der Waals surface area (Å²) in [5, 5.41) is 0. The second-order valence-electron chi connectivity index (χ2n) is 3.18. The Kier molecular flexibility index (Phi) is 3.06. The lowest BCUT2D eigenvalue weighted by atomic mass is 10.1. The molecule has 1 heterocycles. The van der Waals surface area contributed by atoms with Crippen molar-refractivity contribution in [3.63, 3.8) is 0 Å². The summed E-state index contributed by atoms with van der Waals surface area (Å²) >= 11 is 2.96. The molecule has 0 radical (unpaired) electrons. The third-order valence-corrected chi connectivity index (χ3v) is 2.46. The third kappa shape index (κ3) is 2.26. The molecular formula is C11H4BrF3O2. The van der Waals surface area contributed by atoms with Gasteiger partial charge in [-0.25, -0.2) is 13.2 Å². The monoisotopic (exact) mass is 304 g/mol. The largest absolute Gasteiger partial charge is 0.446 e. The van der Waals surface area contributed by atoms with Crippen LogP contribution in [0.5, 0.6) is 0 Å². The number of furan rings is 1. The van der Waals surface area contributed by atoms with Gasteiger partial charge in [-0.2, -0.15) is 0 Å². The van der Waals surface area contributed by atoms with E-state index < -0.39 is 28.8 Å². The molecule has 0 atom stereocenters. The highest BCUT2D eigenvalue weighted by molar-refractivity contribution is 9.10. The van der Waals surface area contributed by atoms with E-state index in [1.54, 1.807) is 0 Å². The zero-order valence-electron chi connectivity index (χ0n) is 8.14. The lowest BCUT2D eigenvalue weighted by Crippen LogP contribution is -2.07. The van der Waals surface area contributed by atoms with Gasteiger partial charge in [-0.15, -0.1) is 0 Å². The van der Waals surface area contributed by atoms with Gasteiger partial charge in [0.05, 0.1) is 5.56 Å². The number of halogens is 4. The summed E-state index contributed by atoms with van der Waals surface area (Å²) in [6.07, 6.45) is 0. The molecule has 0 saturated heterocycles. The fourth-order valence-corrected chi connectivity index (χ4v) is 1.63. The van der Waals surface area contributed by atoms with Crippen LogP contribution in [0, 0.1) is 17.5 Å². The zero-order valence-corrected chi connectivity index (χ0v) is 9.72. The van der Waals surface area contributed by atoms with Crippen molar-refractivity contribution in [1.29, 1.82) is 0 Å². The molecular weight excluding hydrogens is 301 g/mol. The summed E-state index contributed by atoms with van der Waals surface area (Å²) in [4.78, 5) is 11.7. The Morgan fingerprint density at radius 3 is 2.18 bits per heavy atom. The highest BCUT2D eigenvalue weighted by atomic mass is 79.9. The SMILES string of the molecule is O=C(c1ccc(Br)o1)c1c(F)cc(F)cc1F. The molecule has 88 valence electrons. The van der Waals surface area contributed by atoms with Crippen molar-refractivity contribution in [3.8, 4) is 0 Å². The first-order valence-corrected chi connectivity index (χ1v) is 5.23. The molecule has 0 unspecified atom stereocenters. The summed E-state index contributed by atoms with van der Waals surface area (Å²) in [5.74, 6) is -4.83. The van der Waals surface area contributed by atoms with Crippen molar-refractivity contribution in [1.82, 2.24) is 0 Å². The van der Waals surface area contributed by atoms with E-state index in [9.17, 15) is 18.0 Å². The number of rotatable bonds is 2. The molecule has 0 aliphatic heterocycles. The molecule has 0 spiro atoms. The average Bonchev–Trinajstić information content (AvgIpc) is 2.63. The normalized spacial score (nSPS) is 10.6. The Hall–Kier alpha value is -1.56. The van der Waals surface area contributed by atoms with Gasteiger partial charge in [-0.3, -0.25) is 4.79 Å². The Bertz CT molecular complexity index is 569. The van der Waals surface area contributed by atoms with Crippen LogP contribution in [0.25, 0.3) is 0 Å². The van der Waals surface area contributed by atoms with E-state index in [0.717, 1.165) is 0 Å². The van der Waals surface area contributed by atoms with E-state index in [-0.39, 0.29) is 10.4 Å². The molecule has 1 aromatic heterocycles. The fraction of sp³-hybridized carbons (Fsp3) is 0. The molecule has 1 aromatic carbocycles. The first-order chi connectivity index (χ1) is 7.99. The van der Waals surface area contributed by atoms with Crippen molar-refractivity contribution in [2.75, 3.05) is 0 Å². The predicted octanol–water partition coefficient (Wildman–Crippen LogP) is 3.69. The number of ketones is 1. The molecule has 0 bridgehead atoms. The van der Waals surface area contributed by atoms with Crippen LogP contribution in [0.1, 0.15) is 16.1 Å². The molecule has 2 aromatic rings. The van der Waals surface area contributed by atoms with Crippen molar-refractivity contribution in [2.24, 2.45) is 0 Å². The molecule has 0 saturated carbocycles. The van der Waals surface area contributed by atoms with E-state index >= 15 is 0 Å². The van der Waals surface area contributed by atoms with Crippen LogP contribution in [0.4, 0.5) is 13.2 Å². The fourth-order valence-electron chi connectivity index (χ4n) is 1.32. The molecule has 17 heavy (non-hydrogen) atoms. The number of benzene rings is 1. The molecule has 0 aliphatic rings. The van der Waals surface area contributed by atoms with Crippen LogP contribution in [-0.2, 0) is 0 Å². The maximum Gasteiger partial charge on any atom is 0.234 e. The summed E-state index contributed by atoms with van der Waals surface area (Å²) in [6, 6.07) is 3.55. The van der Waals surface area contributed by atoms with Crippen LogP contribution in [0.15, 0.2) is 33.4 Å². The first-order valence-electron chi connectivity index (χ1n) is 4.43. The van der Waals surface area contributed by atoms with Gasteiger partial charge in [0.15, 0.2) is 10.4 Å². The van der Waals surface area contributed by atoms with E-state index in [1.165, 1.54) is 12.1 Å². The van der Waals surface area contributed by atoms with E-state index in [4.69, 9.17) is 4.42 Å². The van der Waals surface area contributed by atoms with Gasteiger partial charge in [0, 0.05) is 12.1 Å². The standard InChI is InChI=1S/C11H4BrF3O2/c12-9-2-1-8(17-9)11(16)10-6(14)3-5(13)4-7(10)15/h1-4H. The maximum absolute atomic E-state index is 13.3. The molecule has 0 amide bonds. The second kappa shape index (κ2) is 4.37. The van der Waals surface area contributed by atoms with Gasteiger partial charge in [0.2, 0.25) is 5.78 Å². The molecule has 0 fully saturated rings. The molecule has 6 heteroatoms. The molecule has 2 rings (SSSR count). The van der Waals surface area contributed by atoms with E-state index in [2.05, 4.69) is 15.9 Å². The summed E-state index contributed by atoms with van der Waals surface area (Å²) in [6.45, 7) is 0. The number of carbonyl (C=O) groups excluding carboxylic acids is 1. The van der Waals surface area contributed by atoms with Gasteiger partial charge < -0.3 is 4.42 Å². The van der Waals surface area contributed by atoms with Crippen LogP contribution < -0.4 is 0 Å². The molecule has 0 aliphatic carbocycles. The molecule has 0 N–H and O–H groups in total. The Labute approximate surface area is 102 Å². The number of hydrogen-bond acceptors (Lipinski definition) is 2. The zero-order chi connectivity index (χ0) is 12.6. The lowest BCUT2D eigenvalue weighted by molar-refractivity contribution is 0.0999. The minimum atomic E-state index is -1.26. The Morgan fingerprint density at radius 1 is 1.12 bits per heavy atom. The minimum Gasteiger partial charge on any atom is -0.446 e. The highest BCUT2D eigenvalue weighted by Gasteiger charge is 2.22. The number of carbonyl (C=O) groups is 1. The van der Waals surface area contributed by atoms with Crippen molar-refractivity contribution < 1.29 is 22.4 Å². The maximum atomic E-state index is 13.3. The van der Waals surface area contributed by atoms with Crippen molar-refractivity contribution in [2.45, 2.75) is 0 Å². The van der Waals surface area contributed by atoms with Gasteiger partial charge >= 0.3 is 0 Å². The van der Waals surface area contributed by atoms with E-state index in [0.29, 0.717) is 12.1 Å². The van der Waals surface area contributed by atoms with Gasteiger partial charge in [0.25, 0.3) is 0 Å². The Balaban J connectivity index is 2.51. The highest BCUT2D eigenvalue weighted by Crippen LogP contribution is 2.21.